The molecule has 0 aliphatic carbocycles. The summed E-state index contributed by atoms with van der Waals surface area (Å²) in [7, 11) is 1.98. The molecule has 2 aromatic rings. The fraction of sp³-hybridized carbons (Fsp3) is 0.400. The average molecular weight is 244 g/mol. The third kappa shape index (κ3) is 2.62. The van der Waals surface area contributed by atoms with Gasteiger partial charge in [0.2, 0.25) is 0 Å². The van der Waals surface area contributed by atoms with Gasteiger partial charge in [0, 0.05) is 29.7 Å². The Morgan fingerprint density at radius 2 is 2.11 bits per heavy atom. The summed E-state index contributed by atoms with van der Waals surface area (Å²) in [5.41, 5.74) is 1.92. The van der Waals surface area contributed by atoms with Gasteiger partial charge in [-0.05, 0) is 19.0 Å². The molecule has 0 fully saturated rings. The van der Waals surface area contributed by atoms with Crippen molar-refractivity contribution in [3.05, 3.63) is 36.0 Å². The molecule has 0 unspecified atom stereocenters. The molecule has 18 heavy (non-hydrogen) atoms. The lowest BCUT2D eigenvalue weighted by atomic mass is 10.1. The molecule has 0 atom stereocenters. The first kappa shape index (κ1) is 12.8. The van der Waals surface area contributed by atoms with E-state index in [1.165, 1.54) is 0 Å². The lowest BCUT2D eigenvalue weighted by Gasteiger charge is -2.02. The van der Waals surface area contributed by atoms with E-state index in [9.17, 15) is 4.79 Å². The Kier molecular flexibility index (Phi) is 4.15. The Hall–Kier alpha value is -1.61. The number of benzene rings is 1. The number of nitrogens with zero attached hydrogens (tertiary/aromatic N) is 1. The maximum Gasteiger partial charge on any atom is 0.178 e. The van der Waals surface area contributed by atoms with Gasteiger partial charge in [0.25, 0.3) is 0 Å². The molecule has 2 rings (SSSR count). The standard InChI is InChI=1S/C15H20N2O/c1-3-4-9-16-10-15(18)13-11-17(2)14-8-6-5-7-12(13)14/h5-8,11,16H,3-4,9-10H2,1-2H3. The molecular formula is C15H20N2O. The van der Waals surface area contributed by atoms with E-state index in [0.717, 1.165) is 35.9 Å². The number of carbonyl (C=O) groups excluding carboxylic acids is 1. The van der Waals surface area contributed by atoms with Crippen molar-refractivity contribution in [2.75, 3.05) is 13.1 Å². The van der Waals surface area contributed by atoms with Crippen LogP contribution in [0.2, 0.25) is 0 Å². The summed E-state index contributed by atoms with van der Waals surface area (Å²) in [6.45, 7) is 3.48. The molecule has 0 spiro atoms. The number of ketones is 1. The van der Waals surface area contributed by atoms with E-state index in [1.807, 2.05) is 42.1 Å². The predicted octanol–water partition coefficient (Wildman–Crippen LogP) is 2.75. The Balaban J connectivity index is 2.13. The van der Waals surface area contributed by atoms with Crippen LogP contribution in [0.25, 0.3) is 10.9 Å². The van der Waals surface area contributed by atoms with Crippen LogP contribution in [0.15, 0.2) is 30.5 Å². The number of aromatic nitrogens is 1. The maximum atomic E-state index is 12.2. The van der Waals surface area contributed by atoms with Gasteiger partial charge < -0.3 is 9.88 Å². The smallest absolute Gasteiger partial charge is 0.178 e. The quantitative estimate of drug-likeness (QED) is 0.626. The zero-order chi connectivity index (χ0) is 13.0. The Morgan fingerprint density at radius 1 is 1.33 bits per heavy atom. The molecule has 3 nitrogen and oxygen atoms in total. The van der Waals surface area contributed by atoms with Crippen LogP contribution in [0.4, 0.5) is 0 Å². The highest BCUT2D eigenvalue weighted by Gasteiger charge is 2.12. The molecule has 0 saturated heterocycles. The van der Waals surface area contributed by atoms with Crippen molar-refractivity contribution in [1.29, 1.82) is 0 Å². The molecule has 0 amide bonds. The second-order valence-corrected chi connectivity index (χ2v) is 4.62. The van der Waals surface area contributed by atoms with Crippen LogP contribution in [-0.4, -0.2) is 23.4 Å². The van der Waals surface area contributed by atoms with Gasteiger partial charge in [0.15, 0.2) is 5.78 Å². The van der Waals surface area contributed by atoms with Gasteiger partial charge in [-0.15, -0.1) is 0 Å². The zero-order valence-electron chi connectivity index (χ0n) is 11.1. The summed E-state index contributed by atoms with van der Waals surface area (Å²) in [4.78, 5) is 12.2. The number of nitrogens with one attached hydrogen (secondary N) is 1. The minimum Gasteiger partial charge on any atom is -0.350 e. The number of hydrogen-bond acceptors (Lipinski definition) is 2. The number of aryl methyl sites for hydroxylation is 1. The summed E-state index contributed by atoms with van der Waals surface area (Å²) in [5.74, 6) is 0.169. The Bertz CT molecular complexity index is 542. The molecule has 0 aliphatic rings. The highest BCUT2D eigenvalue weighted by atomic mass is 16.1. The van der Waals surface area contributed by atoms with Crippen LogP contribution >= 0.6 is 0 Å². The van der Waals surface area contributed by atoms with E-state index in [2.05, 4.69) is 12.2 Å². The fourth-order valence-electron chi connectivity index (χ4n) is 2.16. The van der Waals surface area contributed by atoms with Crippen molar-refractivity contribution in [3.63, 3.8) is 0 Å². The number of hydrogen-bond donors (Lipinski definition) is 1. The van der Waals surface area contributed by atoms with Gasteiger partial charge >= 0.3 is 0 Å². The topological polar surface area (TPSA) is 34.0 Å². The van der Waals surface area contributed by atoms with Crippen molar-refractivity contribution in [2.24, 2.45) is 7.05 Å². The van der Waals surface area contributed by atoms with E-state index in [-0.39, 0.29) is 5.78 Å². The van der Waals surface area contributed by atoms with Gasteiger partial charge in [-0.1, -0.05) is 31.5 Å². The number of fused-ring (bicyclic) bond motifs is 1. The minimum atomic E-state index is 0.169. The average Bonchev–Trinajstić information content (AvgIpc) is 2.73. The van der Waals surface area contributed by atoms with Gasteiger partial charge in [0.1, 0.15) is 0 Å². The van der Waals surface area contributed by atoms with Gasteiger partial charge in [0.05, 0.1) is 6.54 Å². The van der Waals surface area contributed by atoms with Crippen LogP contribution in [0.3, 0.4) is 0 Å². The van der Waals surface area contributed by atoms with Gasteiger partial charge in [-0.3, -0.25) is 4.79 Å². The van der Waals surface area contributed by atoms with Gasteiger partial charge in [-0.25, -0.2) is 0 Å². The summed E-state index contributed by atoms with van der Waals surface area (Å²) in [5, 5.41) is 4.24. The Labute approximate surface area is 108 Å². The molecule has 96 valence electrons. The van der Waals surface area contributed by atoms with E-state index in [0.29, 0.717) is 6.54 Å². The first-order valence-corrected chi connectivity index (χ1v) is 6.52. The van der Waals surface area contributed by atoms with Gasteiger partial charge in [-0.2, -0.15) is 0 Å². The molecule has 3 heteroatoms. The number of rotatable bonds is 6. The van der Waals surface area contributed by atoms with E-state index >= 15 is 0 Å². The van der Waals surface area contributed by atoms with Crippen molar-refractivity contribution >= 4 is 16.7 Å². The van der Waals surface area contributed by atoms with Crippen molar-refractivity contribution in [3.8, 4) is 0 Å². The minimum absolute atomic E-state index is 0.169. The first-order valence-electron chi connectivity index (χ1n) is 6.52. The van der Waals surface area contributed by atoms with Crippen molar-refractivity contribution in [2.45, 2.75) is 19.8 Å². The maximum absolute atomic E-state index is 12.2. The van der Waals surface area contributed by atoms with E-state index in [1.54, 1.807) is 0 Å². The molecule has 0 aliphatic heterocycles. The lowest BCUT2D eigenvalue weighted by molar-refractivity contribution is 0.0992. The van der Waals surface area contributed by atoms with Crippen LogP contribution < -0.4 is 5.32 Å². The molecule has 1 N–H and O–H groups in total. The van der Waals surface area contributed by atoms with E-state index < -0.39 is 0 Å². The largest absolute Gasteiger partial charge is 0.350 e. The van der Waals surface area contributed by atoms with Crippen molar-refractivity contribution in [1.82, 2.24) is 9.88 Å². The second kappa shape index (κ2) is 5.83. The molecule has 0 radical (unpaired) electrons. The monoisotopic (exact) mass is 244 g/mol. The van der Waals surface area contributed by atoms with Crippen LogP contribution in [0.5, 0.6) is 0 Å². The first-order chi connectivity index (χ1) is 8.74. The third-order valence-corrected chi connectivity index (χ3v) is 3.19. The second-order valence-electron chi connectivity index (χ2n) is 4.62. The Morgan fingerprint density at radius 3 is 2.89 bits per heavy atom. The number of unbranched alkanes of at least 4 members (excludes halogenated alkanes) is 1. The normalized spacial score (nSPS) is 11.0. The molecule has 1 aromatic heterocycles. The molecule has 0 saturated carbocycles. The lowest BCUT2D eigenvalue weighted by Crippen LogP contribution is -2.23. The third-order valence-electron chi connectivity index (χ3n) is 3.19. The fourth-order valence-corrected chi connectivity index (χ4v) is 2.16. The zero-order valence-corrected chi connectivity index (χ0v) is 11.1. The number of para-hydroxylation sites is 1. The highest BCUT2D eigenvalue weighted by molar-refractivity contribution is 6.09. The van der Waals surface area contributed by atoms with Crippen LogP contribution in [-0.2, 0) is 7.05 Å². The number of Topliss-reactive ketones (excluding diaryl/α,β-unsaturated/α-hetero) is 1. The SMILES string of the molecule is CCCCNCC(=O)c1cn(C)c2ccccc12. The van der Waals surface area contributed by atoms with Crippen LogP contribution in [0, 0.1) is 0 Å². The molecular weight excluding hydrogens is 224 g/mol. The summed E-state index contributed by atoms with van der Waals surface area (Å²) >= 11 is 0. The summed E-state index contributed by atoms with van der Waals surface area (Å²) in [6.07, 6.45) is 4.19. The van der Waals surface area contributed by atoms with Crippen LogP contribution in [0.1, 0.15) is 30.1 Å². The van der Waals surface area contributed by atoms with E-state index in [4.69, 9.17) is 0 Å². The molecule has 1 heterocycles. The highest BCUT2D eigenvalue weighted by Crippen LogP contribution is 2.20. The number of carbonyl (C=O) groups is 1. The van der Waals surface area contributed by atoms with Crippen molar-refractivity contribution < 1.29 is 4.79 Å². The summed E-state index contributed by atoms with van der Waals surface area (Å²) < 4.78 is 2.01. The summed E-state index contributed by atoms with van der Waals surface area (Å²) in [6, 6.07) is 8.02. The predicted molar refractivity (Wildman–Crippen MR) is 75.0 cm³/mol. The molecule has 0 bridgehead atoms. The molecule has 1 aromatic carbocycles.